The summed E-state index contributed by atoms with van der Waals surface area (Å²) >= 11 is 0. The molecule has 0 radical (unpaired) electrons. The van der Waals surface area contributed by atoms with E-state index < -0.39 is 0 Å². The van der Waals surface area contributed by atoms with E-state index in [2.05, 4.69) is 24.0 Å². The van der Waals surface area contributed by atoms with Crippen LogP contribution in [0.25, 0.3) is 0 Å². The van der Waals surface area contributed by atoms with Crippen molar-refractivity contribution in [3.63, 3.8) is 0 Å². The summed E-state index contributed by atoms with van der Waals surface area (Å²) in [5.74, 6) is 0.770. The molecule has 0 aromatic heterocycles. The molecule has 2 aliphatic rings. The van der Waals surface area contributed by atoms with Gasteiger partial charge in [0.05, 0.1) is 12.3 Å². The summed E-state index contributed by atoms with van der Waals surface area (Å²) in [4.78, 5) is 15.1. The average molecular weight is 318 g/mol. The van der Waals surface area contributed by atoms with Gasteiger partial charge < -0.3 is 19.3 Å². The van der Waals surface area contributed by atoms with E-state index in [-0.39, 0.29) is 0 Å². The fourth-order valence-corrected chi connectivity index (χ4v) is 3.44. The lowest BCUT2D eigenvalue weighted by molar-refractivity contribution is -0.107. The van der Waals surface area contributed by atoms with Crippen molar-refractivity contribution in [3.8, 4) is 5.75 Å². The summed E-state index contributed by atoms with van der Waals surface area (Å²) in [6.07, 6.45) is 4.08. The molecule has 0 saturated carbocycles. The number of anilines is 2. The zero-order valence-corrected chi connectivity index (χ0v) is 14.1. The van der Waals surface area contributed by atoms with Crippen LogP contribution in [0.3, 0.4) is 0 Å². The van der Waals surface area contributed by atoms with E-state index in [9.17, 15) is 4.79 Å². The molecule has 1 amide bonds. The third kappa shape index (κ3) is 3.29. The summed E-state index contributed by atoms with van der Waals surface area (Å²) in [6, 6.07) is 6.14. The van der Waals surface area contributed by atoms with E-state index in [0.717, 1.165) is 69.1 Å². The molecule has 0 bridgehead atoms. The van der Waals surface area contributed by atoms with Crippen molar-refractivity contribution in [1.29, 1.82) is 0 Å². The molecule has 2 saturated heterocycles. The first-order valence-corrected chi connectivity index (χ1v) is 8.45. The van der Waals surface area contributed by atoms with Gasteiger partial charge >= 0.3 is 0 Å². The van der Waals surface area contributed by atoms with Crippen molar-refractivity contribution >= 4 is 17.8 Å². The highest BCUT2D eigenvalue weighted by molar-refractivity contribution is 5.80. The van der Waals surface area contributed by atoms with Crippen LogP contribution in [0.4, 0.5) is 11.4 Å². The number of nitrogens with zero attached hydrogens (tertiary/aromatic N) is 2. The number of ether oxygens (including phenoxy) is 2. The minimum atomic E-state index is 0.437. The minimum Gasteiger partial charge on any atom is -0.491 e. The van der Waals surface area contributed by atoms with Crippen molar-refractivity contribution in [2.45, 2.75) is 26.2 Å². The van der Waals surface area contributed by atoms with Gasteiger partial charge in [0, 0.05) is 44.5 Å². The minimum absolute atomic E-state index is 0.437. The van der Waals surface area contributed by atoms with Crippen LogP contribution in [-0.4, -0.2) is 46.4 Å². The maximum atomic E-state index is 11.2. The number of hydrogen-bond donors (Lipinski definition) is 0. The van der Waals surface area contributed by atoms with Crippen LogP contribution in [0.15, 0.2) is 18.2 Å². The molecule has 23 heavy (non-hydrogen) atoms. The lowest BCUT2D eigenvalue weighted by atomic mass is 9.73. The van der Waals surface area contributed by atoms with Gasteiger partial charge in [0.15, 0.2) is 0 Å². The van der Waals surface area contributed by atoms with Crippen molar-refractivity contribution in [2.24, 2.45) is 5.41 Å². The van der Waals surface area contributed by atoms with Crippen molar-refractivity contribution in [2.75, 3.05) is 49.8 Å². The molecule has 0 atom stereocenters. The highest BCUT2D eigenvalue weighted by Crippen LogP contribution is 2.43. The monoisotopic (exact) mass is 318 g/mol. The first-order valence-electron chi connectivity index (χ1n) is 8.45. The van der Waals surface area contributed by atoms with Gasteiger partial charge in [0.25, 0.3) is 0 Å². The fourth-order valence-electron chi connectivity index (χ4n) is 3.44. The first-order chi connectivity index (χ1) is 11.2. The van der Waals surface area contributed by atoms with Crippen LogP contribution in [0, 0.1) is 5.41 Å². The number of carbonyl (C=O) groups is 1. The lowest BCUT2D eigenvalue weighted by Gasteiger charge is -2.53. The molecule has 126 valence electrons. The molecule has 0 unspecified atom stereocenters. The van der Waals surface area contributed by atoms with Gasteiger partial charge in [0.1, 0.15) is 5.75 Å². The smallest absolute Gasteiger partial charge is 0.213 e. The zero-order valence-electron chi connectivity index (χ0n) is 14.1. The van der Waals surface area contributed by atoms with Gasteiger partial charge in [0.2, 0.25) is 6.41 Å². The Hall–Kier alpha value is -1.75. The molecule has 0 N–H and O–H groups in total. The van der Waals surface area contributed by atoms with Gasteiger partial charge in [-0.15, -0.1) is 0 Å². The Morgan fingerprint density at radius 3 is 2.74 bits per heavy atom. The van der Waals surface area contributed by atoms with Crippen molar-refractivity contribution in [1.82, 2.24) is 0 Å². The Kier molecular flexibility index (Phi) is 4.76. The van der Waals surface area contributed by atoms with Gasteiger partial charge in [-0.2, -0.15) is 0 Å². The van der Waals surface area contributed by atoms with E-state index in [0.29, 0.717) is 12.0 Å². The van der Waals surface area contributed by atoms with Crippen LogP contribution in [0.2, 0.25) is 0 Å². The Balaban J connectivity index is 1.74. The van der Waals surface area contributed by atoms with E-state index >= 15 is 0 Å². The molecule has 2 aliphatic heterocycles. The molecular weight excluding hydrogens is 292 g/mol. The third-order valence-electron chi connectivity index (χ3n) is 4.91. The Morgan fingerprint density at radius 2 is 2.09 bits per heavy atom. The normalized spacial score (nSPS) is 19.3. The Labute approximate surface area is 138 Å². The molecule has 5 heteroatoms. The number of rotatable bonds is 6. The molecule has 0 aliphatic carbocycles. The molecular formula is C18H26N2O3. The van der Waals surface area contributed by atoms with Crippen LogP contribution < -0.4 is 14.5 Å². The van der Waals surface area contributed by atoms with Crippen LogP contribution in [-0.2, 0) is 9.53 Å². The van der Waals surface area contributed by atoms with Gasteiger partial charge in [-0.25, -0.2) is 0 Å². The van der Waals surface area contributed by atoms with E-state index in [1.165, 1.54) is 0 Å². The highest BCUT2D eigenvalue weighted by Gasteiger charge is 2.43. The van der Waals surface area contributed by atoms with E-state index in [4.69, 9.17) is 9.47 Å². The molecule has 3 rings (SSSR count). The Morgan fingerprint density at radius 1 is 1.35 bits per heavy atom. The van der Waals surface area contributed by atoms with Crippen molar-refractivity contribution in [3.05, 3.63) is 18.2 Å². The average Bonchev–Trinajstić information content (AvgIpc) is 2.57. The summed E-state index contributed by atoms with van der Waals surface area (Å²) in [7, 11) is 1.76. The van der Waals surface area contributed by atoms with Gasteiger partial charge in [-0.3, -0.25) is 4.79 Å². The maximum absolute atomic E-state index is 11.2. The van der Waals surface area contributed by atoms with Crippen LogP contribution in [0.1, 0.15) is 26.2 Å². The second kappa shape index (κ2) is 6.79. The summed E-state index contributed by atoms with van der Waals surface area (Å²) in [6.45, 7) is 6.66. The topological polar surface area (TPSA) is 42.0 Å². The number of carbonyl (C=O) groups excluding carboxylic acids is 1. The molecule has 2 heterocycles. The largest absolute Gasteiger partial charge is 0.491 e. The lowest BCUT2D eigenvalue weighted by Crippen LogP contribution is -2.58. The highest BCUT2D eigenvalue weighted by atomic mass is 16.5. The predicted molar refractivity (Wildman–Crippen MR) is 91.4 cm³/mol. The van der Waals surface area contributed by atoms with Gasteiger partial charge in [-0.05, 0) is 37.5 Å². The molecule has 1 spiro atoms. The second-order valence-electron chi connectivity index (χ2n) is 6.69. The van der Waals surface area contributed by atoms with E-state index in [1.54, 1.807) is 11.9 Å². The predicted octanol–water partition coefficient (Wildman–Crippen LogP) is 2.68. The fraction of sp³-hybridized carbons (Fsp3) is 0.611. The number of hydrogen-bond acceptors (Lipinski definition) is 4. The summed E-state index contributed by atoms with van der Waals surface area (Å²) in [5.41, 5.74) is 2.43. The van der Waals surface area contributed by atoms with Gasteiger partial charge in [-0.1, -0.05) is 6.92 Å². The third-order valence-corrected chi connectivity index (χ3v) is 4.91. The second-order valence-corrected chi connectivity index (χ2v) is 6.69. The number of amides is 1. The summed E-state index contributed by atoms with van der Waals surface area (Å²) in [5, 5.41) is 0. The number of benzene rings is 1. The first kappa shape index (κ1) is 16.1. The Bertz CT molecular complexity index is 547. The molecule has 1 aromatic carbocycles. The van der Waals surface area contributed by atoms with Crippen LogP contribution in [0.5, 0.6) is 5.75 Å². The SMILES string of the molecule is CCCOc1ccc(N2CC3(CCOCC3)C2)cc1N(C)C=O. The molecule has 5 nitrogen and oxygen atoms in total. The van der Waals surface area contributed by atoms with Crippen LogP contribution >= 0.6 is 0 Å². The van der Waals surface area contributed by atoms with Crippen molar-refractivity contribution < 1.29 is 14.3 Å². The quantitative estimate of drug-likeness (QED) is 0.756. The molecule has 1 aromatic rings. The maximum Gasteiger partial charge on any atom is 0.213 e. The summed E-state index contributed by atoms with van der Waals surface area (Å²) < 4.78 is 11.2. The standard InChI is InChI=1S/C18H26N2O3/c1-3-8-23-17-5-4-15(11-16(17)19(2)14-21)20-12-18(13-20)6-9-22-10-7-18/h4-5,11,14H,3,6-10,12-13H2,1-2H3. The molecule has 2 fully saturated rings. The zero-order chi connectivity index (χ0) is 16.3. The van der Waals surface area contributed by atoms with E-state index in [1.807, 2.05) is 6.07 Å².